The Morgan fingerprint density at radius 3 is 2.13 bits per heavy atom. The second kappa shape index (κ2) is 9.13. The highest BCUT2D eigenvalue weighted by atomic mass is 32.2. The summed E-state index contributed by atoms with van der Waals surface area (Å²) in [5.41, 5.74) is 2.20. The van der Waals surface area contributed by atoms with Crippen molar-refractivity contribution in [1.29, 1.82) is 0 Å². The van der Waals surface area contributed by atoms with E-state index in [0.717, 1.165) is 30.6 Å². The lowest BCUT2D eigenvalue weighted by molar-refractivity contribution is -0.154. The molecule has 1 saturated heterocycles. The second-order valence-corrected chi connectivity index (χ2v) is 9.11. The zero-order chi connectivity index (χ0) is 21.1. The molecule has 30 heavy (non-hydrogen) atoms. The summed E-state index contributed by atoms with van der Waals surface area (Å²) in [6.45, 7) is 4.48. The van der Waals surface area contributed by atoms with Gasteiger partial charge in [-0.2, -0.15) is 0 Å². The number of hydrogen-bond acceptors (Lipinski definition) is 5. The first kappa shape index (κ1) is 20.8. The largest absolute Gasteiger partial charge is 0.456 e. The molecule has 2 aromatic carbocycles. The number of likely N-dealkylation sites (tertiary alicyclic amines) is 1. The van der Waals surface area contributed by atoms with Crippen molar-refractivity contribution in [3.05, 3.63) is 48.5 Å². The third kappa shape index (κ3) is 4.33. The second-order valence-electron chi connectivity index (χ2n) is 8.03. The van der Waals surface area contributed by atoms with Gasteiger partial charge in [-0.25, -0.2) is 0 Å². The van der Waals surface area contributed by atoms with Crippen LogP contribution < -0.4 is 4.90 Å². The van der Waals surface area contributed by atoms with Crippen LogP contribution in [0.2, 0.25) is 0 Å². The predicted octanol–water partition coefficient (Wildman–Crippen LogP) is 5.01. The van der Waals surface area contributed by atoms with Crippen molar-refractivity contribution in [2.45, 2.75) is 61.4 Å². The fraction of sp³-hybridized carbons (Fsp3) is 0.417. The van der Waals surface area contributed by atoms with E-state index in [1.54, 1.807) is 11.8 Å². The number of nitrogens with zero attached hydrogens (tertiary/aromatic N) is 2. The van der Waals surface area contributed by atoms with Gasteiger partial charge in [-0.05, 0) is 57.4 Å². The van der Waals surface area contributed by atoms with Gasteiger partial charge >= 0.3 is 5.97 Å². The number of amides is 1. The zero-order valence-corrected chi connectivity index (χ0v) is 18.4. The average Bonchev–Trinajstić information content (AvgIpc) is 2.75. The van der Waals surface area contributed by atoms with Crippen LogP contribution in [0.15, 0.2) is 58.3 Å². The molecule has 0 bridgehead atoms. The number of fused-ring (bicyclic) bond motifs is 2. The molecular weight excluding hydrogens is 396 g/mol. The van der Waals surface area contributed by atoms with Crippen LogP contribution in [0.1, 0.15) is 39.5 Å². The van der Waals surface area contributed by atoms with Gasteiger partial charge in [-0.3, -0.25) is 9.59 Å². The number of ether oxygens (including phenoxy) is 1. The zero-order valence-electron chi connectivity index (χ0n) is 17.5. The molecule has 2 aliphatic rings. The Hall–Kier alpha value is -2.47. The monoisotopic (exact) mass is 424 g/mol. The molecule has 0 radical (unpaired) electrons. The van der Waals surface area contributed by atoms with Gasteiger partial charge in [0.05, 0.1) is 17.8 Å². The quantitative estimate of drug-likeness (QED) is 0.632. The molecule has 5 nitrogen and oxygen atoms in total. The number of carbonyl (C=O) groups is 2. The molecule has 0 spiro atoms. The summed E-state index contributed by atoms with van der Waals surface area (Å²) in [5.74, 6) is -0.429. The van der Waals surface area contributed by atoms with Crippen molar-refractivity contribution >= 4 is 35.0 Å². The molecule has 4 rings (SSSR count). The molecule has 0 aromatic heterocycles. The number of esters is 1. The Morgan fingerprint density at radius 2 is 1.53 bits per heavy atom. The van der Waals surface area contributed by atoms with Gasteiger partial charge in [0, 0.05) is 28.4 Å². The van der Waals surface area contributed by atoms with Crippen LogP contribution in [-0.4, -0.2) is 42.0 Å². The molecule has 2 atom stereocenters. The summed E-state index contributed by atoms with van der Waals surface area (Å²) in [5, 5.41) is 0. The Labute approximate surface area is 182 Å². The molecule has 6 heteroatoms. The summed E-state index contributed by atoms with van der Waals surface area (Å²) < 4.78 is 5.36. The SMILES string of the molecule is C[C@@H]1CCC[C@@H](C)N1C(=O)COC(=O)CCN1c2ccccc2Sc2ccccc21. The number of para-hydroxylation sites is 2. The van der Waals surface area contributed by atoms with Crippen LogP contribution in [0.5, 0.6) is 0 Å². The maximum Gasteiger partial charge on any atom is 0.308 e. The minimum absolute atomic E-state index is 0.0897. The van der Waals surface area contributed by atoms with Crippen LogP contribution in [0.4, 0.5) is 11.4 Å². The lowest BCUT2D eigenvalue weighted by atomic mass is 9.97. The summed E-state index contributed by atoms with van der Waals surface area (Å²) in [7, 11) is 0. The summed E-state index contributed by atoms with van der Waals surface area (Å²) >= 11 is 1.74. The number of rotatable bonds is 5. The van der Waals surface area contributed by atoms with Gasteiger partial charge in [-0.15, -0.1) is 0 Å². The molecule has 0 unspecified atom stereocenters. The first-order valence-corrected chi connectivity index (χ1v) is 11.5. The van der Waals surface area contributed by atoms with Crippen LogP contribution in [0, 0.1) is 0 Å². The van der Waals surface area contributed by atoms with Crippen LogP contribution in [0.3, 0.4) is 0 Å². The minimum atomic E-state index is -0.339. The average molecular weight is 425 g/mol. The van der Waals surface area contributed by atoms with Crippen molar-refractivity contribution in [3.8, 4) is 0 Å². The Kier molecular flexibility index (Phi) is 6.32. The van der Waals surface area contributed by atoms with E-state index >= 15 is 0 Å². The van der Waals surface area contributed by atoms with Crippen molar-refractivity contribution in [1.82, 2.24) is 4.90 Å². The first-order chi connectivity index (χ1) is 14.5. The van der Waals surface area contributed by atoms with Crippen LogP contribution in [0.25, 0.3) is 0 Å². The standard InChI is InChI=1S/C24H28N2O3S/c1-17-8-7-9-18(2)26(17)23(27)16-29-24(28)14-15-25-19-10-3-5-12-21(19)30-22-13-6-4-11-20(22)25/h3-6,10-13,17-18H,7-9,14-16H2,1-2H3/t17-,18-/m1/s1. The van der Waals surface area contributed by atoms with Crippen molar-refractivity contribution in [2.75, 3.05) is 18.1 Å². The molecule has 0 N–H and O–H groups in total. The highest BCUT2D eigenvalue weighted by molar-refractivity contribution is 7.99. The van der Waals surface area contributed by atoms with E-state index in [9.17, 15) is 9.59 Å². The lowest BCUT2D eigenvalue weighted by Gasteiger charge is -2.38. The fourth-order valence-electron chi connectivity index (χ4n) is 4.43. The number of benzene rings is 2. The normalized spacial score (nSPS) is 20.3. The Bertz CT molecular complexity index is 877. The molecule has 158 valence electrons. The van der Waals surface area contributed by atoms with E-state index in [4.69, 9.17) is 4.74 Å². The number of hydrogen-bond donors (Lipinski definition) is 0. The minimum Gasteiger partial charge on any atom is -0.456 e. The Balaban J connectivity index is 1.37. The van der Waals surface area contributed by atoms with Gasteiger partial charge in [0.25, 0.3) is 5.91 Å². The molecule has 2 aliphatic heterocycles. The number of anilines is 2. The molecule has 0 aliphatic carbocycles. The molecule has 2 heterocycles. The van der Waals surface area contributed by atoms with Crippen molar-refractivity contribution < 1.29 is 14.3 Å². The van der Waals surface area contributed by atoms with Crippen molar-refractivity contribution in [2.24, 2.45) is 0 Å². The van der Waals surface area contributed by atoms with E-state index in [2.05, 4.69) is 43.0 Å². The van der Waals surface area contributed by atoms with Crippen LogP contribution in [-0.2, 0) is 14.3 Å². The first-order valence-electron chi connectivity index (χ1n) is 10.6. The van der Waals surface area contributed by atoms with Gasteiger partial charge in [0.1, 0.15) is 0 Å². The van der Waals surface area contributed by atoms with E-state index in [1.807, 2.05) is 29.2 Å². The topological polar surface area (TPSA) is 49.9 Å². The molecule has 2 aromatic rings. The van der Waals surface area contributed by atoms with Gasteiger partial charge in [0.15, 0.2) is 6.61 Å². The predicted molar refractivity (Wildman–Crippen MR) is 119 cm³/mol. The Morgan fingerprint density at radius 1 is 0.967 bits per heavy atom. The molecular formula is C24H28N2O3S. The summed E-state index contributed by atoms with van der Waals surface area (Å²) in [6.07, 6.45) is 3.39. The van der Waals surface area contributed by atoms with E-state index in [-0.39, 0.29) is 37.0 Å². The maximum absolute atomic E-state index is 12.6. The molecule has 0 saturated carbocycles. The van der Waals surface area contributed by atoms with E-state index in [1.165, 1.54) is 9.79 Å². The summed E-state index contributed by atoms with van der Waals surface area (Å²) in [4.78, 5) is 31.4. The van der Waals surface area contributed by atoms with E-state index in [0.29, 0.717) is 6.54 Å². The number of piperidine rings is 1. The van der Waals surface area contributed by atoms with Crippen LogP contribution >= 0.6 is 11.8 Å². The fourth-order valence-corrected chi connectivity index (χ4v) is 5.52. The third-order valence-electron chi connectivity index (χ3n) is 5.91. The molecule has 1 amide bonds. The number of carbonyl (C=O) groups excluding carboxylic acids is 2. The molecule has 1 fully saturated rings. The van der Waals surface area contributed by atoms with Gasteiger partial charge in [-0.1, -0.05) is 36.0 Å². The lowest BCUT2D eigenvalue weighted by Crippen LogP contribution is -2.49. The summed E-state index contributed by atoms with van der Waals surface area (Å²) in [6, 6.07) is 16.8. The highest BCUT2D eigenvalue weighted by Gasteiger charge is 2.29. The maximum atomic E-state index is 12.6. The van der Waals surface area contributed by atoms with Crippen molar-refractivity contribution in [3.63, 3.8) is 0 Å². The third-order valence-corrected chi connectivity index (χ3v) is 7.04. The van der Waals surface area contributed by atoms with E-state index < -0.39 is 0 Å². The van der Waals surface area contributed by atoms with Gasteiger partial charge in [0.2, 0.25) is 0 Å². The smallest absolute Gasteiger partial charge is 0.308 e. The van der Waals surface area contributed by atoms with Gasteiger partial charge < -0.3 is 14.5 Å². The highest BCUT2D eigenvalue weighted by Crippen LogP contribution is 2.47.